The number of carbonyl (C=O) groups excluding carboxylic acids is 1. The van der Waals surface area contributed by atoms with Gasteiger partial charge in [0.1, 0.15) is 5.75 Å². The van der Waals surface area contributed by atoms with Gasteiger partial charge < -0.3 is 10.1 Å². The Hall–Kier alpha value is -2.33. The first-order chi connectivity index (χ1) is 12.0. The highest BCUT2D eigenvalue weighted by Gasteiger charge is 2.06. The molecule has 1 amide bonds. The first-order valence-corrected chi connectivity index (χ1v) is 8.82. The molecule has 0 saturated heterocycles. The van der Waals surface area contributed by atoms with Crippen LogP contribution < -0.4 is 10.1 Å². The van der Waals surface area contributed by atoms with Gasteiger partial charge in [0, 0.05) is 12.2 Å². The van der Waals surface area contributed by atoms with Crippen molar-refractivity contribution >= 4 is 11.6 Å². The molecule has 4 nitrogen and oxygen atoms in total. The molecule has 134 valence electrons. The molecule has 0 atom stereocenters. The van der Waals surface area contributed by atoms with E-state index in [1.807, 2.05) is 38.1 Å². The van der Waals surface area contributed by atoms with Gasteiger partial charge in [0.15, 0.2) is 6.61 Å². The van der Waals surface area contributed by atoms with Crippen molar-refractivity contribution in [3.8, 4) is 5.75 Å². The molecule has 0 aliphatic rings. The fourth-order valence-electron chi connectivity index (χ4n) is 2.76. The lowest BCUT2D eigenvalue weighted by molar-refractivity contribution is -0.118. The molecule has 0 aromatic heterocycles. The largest absolute Gasteiger partial charge is 0.484 e. The molecule has 0 saturated carbocycles. The van der Waals surface area contributed by atoms with Crippen molar-refractivity contribution in [3.05, 3.63) is 59.2 Å². The van der Waals surface area contributed by atoms with E-state index in [4.69, 9.17) is 4.74 Å². The van der Waals surface area contributed by atoms with Gasteiger partial charge >= 0.3 is 0 Å². The standard InChI is InChI=1S/C21H28N2O2/c1-5-23(6-2)14-18-7-9-19(10-8-18)22-21(24)15-25-20-12-16(3)11-17(4)13-20/h7-13H,5-6,14-15H2,1-4H3,(H,22,24). The molecule has 25 heavy (non-hydrogen) atoms. The first-order valence-electron chi connectivity index (χ1n) is 8.82. The smallest absolute Gasteiger partial charge is 0.262 e. The van der Waals surface area contributed by atoms with E-state index >= 15 is 0 Å². The van der Waals surface area contributed by atoms with Gasteiger partial charge in [-0.3, -0.25) is 9.69 Å². The van der Waals surface area contributed by atoms with Crippen molar-refractivity contribution in [2.24, 2.45) is 0 Å². The highest BCUT2D eigenvalue weighted by Crippen LogP contribution is 2.16. The number of hydrogen-bond acceptors (Lipinski definition) is 3. The van der Waals surface area contributed by atoms with Crippen LogP contribution in [0.5, 0.6) is 5.75 Å². The van der Waals surface area contributed by atoms with E-state index in [2.05, 4.69) is 42.3 Å². The summed E-state index contributed by atoms with van der Waals surface area (Å²) in [5, 5.41) is 2.87. The molecule has 0 fully saturated rings. The summed E-state index contributed by atoms with van der Waals surface area (Å²) in [7, 11) is 0. The van der Waals surface area contributed by atoms with Crippen molar-refractivity contribution in [2.75, 3.05) is 25.0 Å². The summed E-state index contributed by atoms with van der Waals surface area (Å²) < 4.78 is 5.59. The van der Waals surface area contributed by atoms with E-state index in [1.165, 1.54) is 5.56 Å². The van der Waals surface area contributed by atoms with Crippen LogP contribution in [0.1, 0.15) is 30.5 Å². The third kappa shape index (κ3) is 6.24. The number of nitrogens with one attached hydrogen (secondary N) is 1. The molecule has 0 aliphatic carbocycles. The molecule has 0 heterocycles. The number of hydrogen-bond donors (Lipinski definition) is 1. The summed E-state index contributed by atoms with van der Waals surface area (Å²) in [4.78, 5) is 14.4. The molecule has 1 N–H and O–H groups in total. The summed E-state index contributed by atoms with van der Waals surface area (Å²) >= 11 is 0. The van der Waals surface area contributed by atoms with Crippen LogP contribution in [0.3, 0.4) is 0 Å². The Morgan fingerprint density at radius 2 is 1.60 bits per heavy atom. The Labute approximate surface area is 150 Å². The van der Waals surface area contributed by atoms with Gasteiger partial charge in [-0.15, -0.1) is 0 Å². The van der Waals surface area contributed by atoms with Crippen LogP contribution in [0.2, 0.25) is 0 Å². The van der Waals surface area contributed by atoms with Crippen LogP contribution in [0.25, 0.3) is 0 Å². The number of rotatable bonds is 8. The van der Waals surface area contributed by atoms with Gasteiger partial charge in [0.25, 0.3) is 5.91 Å². The van der Waals surface area contributed by atoms with Gasteiger partial charge in [-0.1, -0.05) is 32.0 Å². The number of amides is 1. The lowest BCUT2D eigenvalue weighted by atomic mass is 10.1. The highest BCUT2D eigenvalue weighted by molar-refractivity contribution is 5.91. The van der Waals surface area contributed by atoms with E-state index in [0.29, 0.717) is 0 Å². The molecule has 0 bridgehead atoms. The number of ether oxygens (including phenoxy) is 1. The Morgan fingerprint density at radius 3 is 2.16 bits per heavy atom. The van der Waals surface area contributed by atoms with Crippen molar-refractivity contribution < 1.29 is 9.53 Å². The van der Waals surface area contributed by atoms with Crippen LogP contribution in [0.15, 0.2) is 42.5 Å². The third-order valence-electron chi connectivity index (χ3n) is 4.10. The molecule has 2 aromatic rings. The van der Waals surface area contributed by atoms with E-state index in [9.17, 15) is 4.79 Å². The topological polar surface area (TPSA) is 41.6 Å². The second-order valence-electron chi connectivity index (χ2n) is 6.32. The molecule has 2 rings (SSSR count). The summed E-state index contributed by atoms with van der Waals surface area (Å²) in [6.07, 6.45) is 0. The normalized spacial score (nSPS) is 10.8. The fourth-order valence-corrected chi connectivity index (χ4v) is 2.76. The van der Waals surface area contributed by atoms with E-state index in [0.717, 1.165) is 42.2 Å². The van der Waals surface area contributed by atoms with E-state index in [1.54, 1.807) is 0 Å². The third-order valence-corrected chi connectivity index (χ3v) is 4.10. The van der Waals surface area contributed by atoms with Gasteiger partial charge in [-0.05, 0) is 67.9 Å². The van der Waals surface area contributed by atoms with Gasteiger partial charge in [-0.25, -0.2) is 0 Å². The maximum atomic E-state index is 12.1. The SMILES string of the molecule is CCN(CC)Cc1ccc(NC(=O)COc2cc(C)cc(C)c2)cc1. The molecule has 2 aromatic carbocycles. The van der Waals surface area contributed by atoms with Gasteiger partial charge in [-0.2, -0.15) is 0 Å². The second-order valence-corrected chi connectivity index (χ2v) is 6.32. The number of nitrogens with zero attached hydrogens (tertiary/aromatic N) is 1. The number of anilines is 1. The van der Waals surface area contributed by atoms with Crippen LogP contribution >= 0.6 is 0 Å². The van der Waals surface area contributed by atoms with Gasteiger partial charge in [0.2, 0.25) is 0 Å². The number of carbonyl (C=O) groups is 1. The summed E-state index contributed by atoms with van der Waals surface area (Å²) in [6.45, 7) is 11.3. The first kappa shape index (κ1) is 19.0. The monoisotopic (exact) mass is 340 g/mol. The minimum absolute atomic E-state index is 0.00406. The zero-order chi connectivity index (χ0) is 18.2. The Balaban J connectivity index is 1.85. The highest BCUT2D eigenvalue weighted by atomic mass is 16.5. The van der Waals surface area contributed by atoms with Crippen molar-refractivity contribution in [1.82, 2.24) is 4.90 Å². The average molecular weight is 340 g/mol. The molecule has 0 radical (unpaired) electrons. The second kappa shape index (κ2) is 9.23. The van der Waals surface area contributed by atoms with Crippen LogP contribution in [-0.4, -0.2) is 30.5 Å². The lowest BCUT2D eigenvalue weighted by Crippen LogP contribution is -2.22. The van der Waals surface area contributed by atoms with E-state index in [-0.39, 0.29) is 12.5 Å². The maximum Gasteiger partial charge on any atom is 0.262 e. The molecular formula is C21H28N2O2. The predicted molar refractivity (Wildman–Crippen MR) is 103 cm³/mol. The maximum absolute atomic E-state index is 12.1. The Kier molecular flexibility index (Phi) is 7.02. The minimum Gasteiger partial charge on any atom is -0.484 e. The van der Waals surface area contributed by atoms with E-state index < -0.39 is 0 Å². The predicted octanol–water partition coefficient (Wildman–Crippen LogP) is 4.16. The van der Waals surface area contributed by atoms with Crippen molar-refractivity contribution in [3.63, 3.8) is 0 Å². The number of benzene rings is 2. The molecular weight excluding hydrogens is 312 g/mol. The van der Waals surface area contributed by atoms with Crippen molar-refractivity contribution in [1.29, 1.82) is 0 Å². The molecule has 4 heteroatoms. The van der Waals surface area contributed by atoms with Crippen molar-refractivity contribution in [2.45, 2.75) is 34.2 Å². The molecule has 0 unspecified atom stereocenters. The van der Waals surface area contributed by atoms with Gasteiger partial charge in [0.05, 0.1) is 0 Å². The summed E-state index contributed by atoms with van der Waals surface area (Å²) in [5.74, 6) is 0.567. The van der Waals surface area contributed by atoms with Crippen LogP contribution in [0, 0.1) is 13.8 Å². The zero-order valence-electron chi connectivity index (χ0n) is 15.6. The fraction of sp³-hybridized carbons (Fsp3) is 0.381. The minimum atomic E-state index is -0.157. The summed E-state index contributed by atoms with van der Waals surface area (Å²) in [6, 6.07) is 13.9. The van der Waals surface area contributed by atoms with Crippen LogP contribution in [0.4, 0.5) is 5.69 Å². The quantitative estimate of drug-likeness (QED) is 0.784. The Morgan fingerprint density at radius 1 is 1.00 bits per heavy atom. The summed E-state index contributed by atoms with van der Waals surface area (Å²) in [5.41, 5.74) is 4.28. The zero-order valence-corrected chi connectivity index (χ0v) is 15.6. The molecule has 0 aliphatic heterocycles. The van der Waals surface area contributed by atoms with Crippen LogP contribution in [-0.2, 0) is 11.3 Å². The lowest BCUT2D eigenvalue weighted by Gasteiger charge is -2.18. The molecule has 0 spiro atoms. The Bertz CT molecular complexity index is 671. The average Bonchev–Trinajstić information content (AvgIpc) is 2.58. The number of aryl methyl sites for hydroxylation is 2.